The summed E-state index contributed by atoms with van der Waals surface area (Å²) in [5, 5.41) is 8.25. The number of amidine groups is 1. The standard InChI is InChI=1S/C13H15N3O/c1-9-2-4-11-10(8-9)3-5-13(17)16(11)7-6-12(14)15/h2-5,8H,6-7H2,1H3,(H3,14,15). The molecule has 0 unspecified atom stereocenters. The first-order valence-electron chi connectivity index (χ1n) is 5.51. The van der Waals surface area contributed by atoms with Gasteiger partial charge in [0, 0.05) is 19.0 Å². The van der Waals surface area contributed by atoms with Crippen molar-refractivity contribution in [3.05, 3.63) is 46.2 Å². The highest BCUT2D eigenvalue weighted by atomic mass is 16.1. The van der Waals surface area contributed by atoms with Crippen molar-refractivity contribution in [1.82, 2.24) is 4.57 Å². The minimum Gasteiger partial charge on any atom is -0.388 e. The smallest absolute Gasteiger partial charge is 0.251 e. The third-order valence-electron chi connectivity index (χ3n) is 2.75. The maximum absolute atomic E-state index is 11.8. The average molecular weight is 229 g/mol. The molecule has 0 fully saturated rings. The Bertz CT molecular complexity index is 628. The van der Waals surface area contributed by atoms with Gasteiger partial charge in [0.15, 0.2) is 0 Å². The fourth-order valence-corrected chi connectivity index (χ4v) is 1.89. The van der Waals surface area contributed by atoms with Crippen LogP contribution in [0.4, 0.5) is 0 Å². The molecule has 3 N–H and O–H groups in total. The van der Waals surface area contributed by atoms with Gasteiger partial charge in [-0.05, 0) is 30.5 Å². The van der Waals surface area contributed by atoms with Crippen molar-refractivity contribution >= 4 is 16.7 Å². The lowest BCUT2D eigenvalue weighted by Gasteiger charge is -2.09. The van der Waals surface area contributed by atoms with Gasteiger partial charge in [0.1, 0.15) is 0 Å². The molecule has 1 aromatic heterocycles. The summed E-state index contributed by atoms with van der Waals surface area (Å²) >= 11 is 0. The third kappa shape index (κ3) is 2.36. The van der Waals surface area contributed by atoms with Gasteiger partial charge in [-0.1, -0.05) is 11.6 Å². The average Bonchev–Trinajstić information content (AvgIpc) is 2.27. The van der Waals surface area contributed by atoms with E-state index >= 15 is 0 Å². The van der Waals surface area contributed by atoms with E-state index in [0.29, 0.717) is 13.0 Å². The van der Waals surface area contributed by atoms with Crippen LogP contribution in [-0.4, -0.2) is 10.4 Å². The monoisotopic (exact) mass is 229 g/mol. The fourth-order valence-electron chi connectivity index (χ4n) is 1.89. The van der Waals surface area contributed by atoms with Crippen LogP contribution in [0.5, 0.6) is 0 Å². The number of nitrogens with two attached hydrogens (primary N) is 1. The Balaban J connectivity index is 2.55. The van der Waals surface area contributed by atoms with E-state index in [0.717, 1.165) is 16.5 Å². The second-order valence-corrected chi connectivity index (χ2v) is 4.16. The zero-order valence-electron chi connectivity index (χ0n) is 9.73. The molecule has 0 amide bonds. The van der Waals surface area contributed by atoms with E-state index in [1.54, 1.807) is 10.6 Å². The van der Waals surface area contributed by atoms with Gasteiger partial charge >= 0.3 is 0 Å². The van der Waals surface area contributed by atoms with Crippen molar-refractivity contribution in [3.63, 3.8) is 0 Å². The Labute approximate surface area is 99.2 Å². The number of nitrogens with one attached hydrogen (secondary N) is 1. The number of benzene rings is 1. The molecule has 1 aromatic carbocycles. The number of hydrogen-bond donors (Lipinski definition) is 2. The molecule has 0 aliphatic carbocycles. The van der Waals surface area contributed by atoms with E-state index in [1.807, 2.05) is 31.2 Å². The summed E-state index contributed by atoms with van der Waals surface area (Å²) in [5.41, 5.74) is 7.33. The van der Waals surface area contributed by atoms with Crippen LogP contribution in [0.25, 0.3) is 10.9 Å². The minimum atomic E-state index is -0.0531. The number of hydrogen-bond acceptors (Lipinski definition) is 2. The molecule has 2 aromatic rings. The largest absolute Gasteiger partial charge is 0.388 e. The Hall–Kier alpha value is -2.10. The number of rotatable bonds is 3. The van der Waals surface area contributed by atoms with E-state index in [1.165, 1.54) is 0 Å². The molecular weight excluding hydrogens is 214 g/mol. The number of fused-ring (bicyclic) bond motifs is 1. The number of aryl methyl sites for hydroxylation is 2. The number of aromatic nitrogens is 1. The molecule has 0 saturated carbocycles. The van der Waals surface area contributed by atoms with Crippen molar-refractivity contribution in [1.29, 1.82) is 5.41 Å². The Kier molecular flexibility index (Phi) is 2.95. The van der Waals surface area contributed by atoms with E-state index in [2.05, 4.69) is 0 Å². The molecule has 0 aliphatic rings. The lowest BCUT2D eigenvalue weighted by Crippen LogP contribution is -2.22. The van der Waals surface area contributed by atoms with E-state index < -0.39 is 0 Å². The summed E-state index contributed by atoms with van der Waals surface area (Å²) in [6.07, 6.45) is 0.396. The first-order chi connectivity index (χ1) is 8.08. The van der Waals surface area contributed by atoms with Crippen molar-refractivity contribution in [3.8, 4) is 0 Å². The van der Waals surface area contributed by atoms with Crippen molar-refractivity contribution in [2.45, 2.75) is 19.9 Å². The molecule has 88 valence electrons. The molecule has 0 atom stereocenters. The van der Waals surface area contributed by atoms with Crippen LogP contribution in [0.15, 0.2) is 35.1 Å². The Morgan fingerprint density at radius 2 is 2.12 bits per heavy atom. The van der Waals surface area contributed by atoms with E-state index in [-0.39, 0.29) is 11.4 Å². The van der Waals surface area contributed by atoms with Crippen LogP contribution < -0.4 is 11.3 Å². The van der Waals surface area contributed by atoms with Crippen molar-refractivity contribution < 1.29 is 0 Å². The zero-order chi connectivity index (χ0) is 12.4. The first-order valence-corrected chi connectivity index (χ1v) is 5.51. The minimum absolute atomic E-state index is 0.0531. The molecule has 2 rings (SSSR count). The van der Waals surface area contributed by atoms with E-state index in [9.17, 15) is 4.79 Å². The molecular formula is C13H15N3O. The van der Waals surface area contributed by atoms with Crippen LogP contribution in [0.3, 0.4) is 0 Å². The summed E-state index contributed by atoms with van der Waals surface area (Å²) in [6.45, 7) is 2.47. The lowest BCUT2D eigenvalue weighted by atomic mass is 10.1. The highest BCUT2D eigenvalue weighted by molar-refractivity contribution is 5.80. The Morgan fingerprint density at radius 1 is 1.35 bits per heavy atom. The van der Waals surface area contributed by atoms with Gasteiger partial charge in [-0.2, -0.15) is 0 Å². The SMILES string of the molecule is Cc1ccc2c(ccc(=O)n2CCC(=N)N)c1. The van der Waals surface area contributed by atoms with Gasteiger partial charge in [-0.25, -0.2) is 0 Å². The highest BCUT2D eigenvalue weighted by Gasteiger charge is 2.03. The third-order valence-corrected chi connectivity index (χ3v) is 2.75. The summed E-state index contributed by atoms with van der Waals surface area (Å²) in [6, 6.07) is 9.34. The van der Waals surface area contributed by atoms with E-state index in [4.69, 9.17) is 11.1 Å². The van der Waals surface area contributed by atoms with Gasteiger partial charge in [-0.15, -0.1) is 0 Å². The summed E-state index contributed by atoms with van der Waals surface area (Å²) in [5.74, 6) is 0.0982. The predicted octanol–water partition coefficient (Wildman–Crippen LogP) is 1.64. The fraction of sp³-hybridized carbons (Fsp3) is 0.231. The molecule has 4 nitrogen and oxygen atoms in total. The topological polar surface area (TPSA) is 71.9 Å². The summed E-state index contributed by atoms with van der Waals surface area (Å²) in [7, 11) is 0. The molecule has 17 heavy (non-hydrogen) atoms. The van der Waals surface area contributed by atoms with Crippen molar-refractivity contribution in [2.75, 3.05) is 0 Å². The molecule has 0 aliphatic heterocycles. The van der Waals surface area contributed by atoms with Gasteiger partial charge in [0.25, 0.3) is 5.56 Å². The van der Waals surface area contributed by atoms with Crippen LogP contribution in [0, 0.1) is 12.3 Å². The molecule has 0 bridgehead atoms. The molecule has 0 radical (unpaired) electrons. The lowest BCUT2D eigenvalue weighted by molar-refractivity contribution is 0.719. The van der Waals surface area contributed by atoms with Crippen LogP contribution in [0.2, 0.25) is 0 Å². The van der Waals surface area contributed by atoms with Gasteiger partial charge in [0.2, 0.25) is 0 Å². The van der Waals surface area contributed by atoms with Crippen LogP contribution in [-0.2, 0) is 6.54 Å². The zero-order valence-corrected chi connectivity index (χ0v) is 9.73. The van der Waals surface area contributed by atoms with Gasteiger partial charge in [-0.3, -0.25) is 10.2 Å². The second-order valence-electron chi connectivity index (χ2n) is 4.16. The highest BCUT2D eigenvalue weighted by Crippen LogP contribution is 2.14. The molecule has 0 spiro atoms. The summed E-state index contributed by atoms with van der Waals surface area (Å²) < 4.78 is 1.66. The molecule has 1 heterocycles. The van der Waals surface area contributed by atoms with Gasteiger partial charge in [0.05, 0.1) is 11.4 Å². The summed E-state index contributed by atoms with van der Waals surface area (Å²) in [4.78, 5) is 11.8. The maximum atomic E-state index is 11.8. The van der Waals surface area contributed by atoms with Gasteiger partial charge < -0.3 is 10.3 Å². The Morgan fingerprint density at radius 3 is 2.82 bits per heavy atom. The second kappa shape index (κ2) is 4.41. The normalized spacial score (nSPS) is 10.6. The van der Waals surface area contributed by atoms with Crippen LogP contribution in [0.1, 0.15) is 12.0 Å². The number of nitrogens with zero attached hydrogens (tertiary/aromatic N) is 1. The van der Waals surface area contributed by atoms with Crippen molar-refractivity contribution in [2.24, 2.45) is 5.73 Å². The van der Waals surface area contributed by atoms with Crippen LogP contribution >= 0.6 is 0 Å². The predicted molar refractivity (Wildman–Crippen MR) is 69.5 cm³/mol. The molecule has 4 heteroatoms. The quantitative estimate of drug-likeness (QED) is 0.620. The number of pyridine rings is 1. The first kappa shape index (κ1) is 11.4. The molecule has 0 saturated heterocycles. The maximum Gasteiger partial charge on any atom is 0.251 e.